The predicted molar refractivity (Wildman–Crippen MR) is 142 cm³/mol. The molecule has 1 N–H and O–H groups in total. The van der Waals surface area contributed by atoms with Gasteiger partial charge >= 0.3 is 0 Å². The van der Waals surface area contributed by atoms with E-state index in [4.69, 9.17) is 4.74 Å². The Morgan fingerprint density at radius 2 is 1.66 bits per heavy atom. The van der Waals surface area contributed by atoms with Gasteiger partial charge in [-0.05, 0) is 59.4 Å². The molecule has 3 rings (SSSR count). The van der Waals surface area contributed by atoms with E-state index in [9.17, 15) is 13.2 Å². The fourth-order valence-electron chi connectivity index (χ4n) is 3.75. The van der Waals surface area contributed by atoms with Gasteiger partial charge in [-0.2, -0.15) is 0 Å². The summed E-state index contributed by atoms with van der Waals surface area (Å²) in [6.07, 6.45) is 1.19. The first kappa shape index (κ1) is 26.3. The molecule has 0 atom stereocenters. The molecule has 0 unspecified atom stereocenters. The summed E-state index contributed by atoms with van der Waals surface area (Å²) in [4.78, 5) is 12.6. The second kappa shape index (κ2) is 11.0. The molecule has 0 aliphatic rings. The average molecular weight is 495 g/mol. The van der Waals surface area contributed by atoms with Crippen LogP contribution in [-0.4, -0.2) is 33.7 Å². The average Bonchev–Trinajstić information content (AvgIpc) is 2.79. The highest BCUT2D eigenvalue weighted by Gasteiger charge is 2.19. The van der Waals surface area contributed by atoms with E-state index >= 15 is 0 Å². The first-order valence-corrected chi connectivity index (χ1v) is 13.4. The van der Waals surface area contributed by atoms with Crippen molar-refractivity contribution in [1.82, 2.24) is 5.32 Å². The van der Waals surface area contributed by atoms with Crippen LogP contribution in [0.1, 0.15) is 47.8 Å². The van der Waals surface area contributed by atoms with Crippen molar-refractivity contribution in [3.8, 4) is 5.75 Å². The maximum Gasteiger partial charge on any atom is 0.251 e. The van der Waals surface area contributed by atoms with Crippen LogP contribution in [0.3, 0.4) is 0 Å². The van der Waals surface area contributed by atoms with E-state index < -0.39 is 10.0 Å². The van der Waals surface area contributed by atoms with Crippen molar-refractivity contribution in [3.05, 3.63) is 95.1 Å². The number of aryl methyl sites for hydroxylation is 1. The van der Waals surface area contributed by atoms with Crippen molar-refractivity contribution >= 4 is 21.6 Å². The number of sulfonamides is 1. The lowest BCUT2D eigenvalue weighted by molar-refractivity contribution is 0.0946. The number of para-hydroxylation sites is 1. The maximum absolute atomic E-state index is 12.6. The molecule has 35 heavy (non-hydrogen) atoms. The van der Waals surface area contributed by atoms with E-state index in [1.165, 1.54) is 10.6 Å². The van der Waals surface area contributed by atoms with Gasteiger partial charge in [0.05, 0.1) is 25.0 Å². The van der Waals surface area contributed by atoms with Gasteiger partial charge in [0.2, 0.25) is 10.0 Å². The van der Waals surface area contributed by atoms with Gasteiger partial charge in [-0.15, -0.1) is 0 Å². The molecular formula is C28H34N2O4S. The molecule has 0 spiro atoms. The minimum absolute atomic E-state index is 0.0341. The Morgan fingerprint density at radius 1 is 0.971 bits per heavy atom. The number of anilines is 1. The summed E-state index contributed by atoms with van der Waals surface area (Å²) in [6.45, 7) is 9.24. The minimum Gasteiger partial charge on any atom is -0.491 e. The number of nitrogens with zero attached hydrogens (tertiary/aromatic N) is 1. The summed E-state index contributed by atoms with van der Waals surface area (Å²) in [5.74, 6) is 0.616. The predicted octanol–water partition coefficient (Wildman–Crippen LogP) is 5.07. The Bertz CT molecular complexity index is 1260. The van der Waals surface area contributed by atoms with Crippen molar-refractivity contribution in [2.45, 2.75) is 39.7 Å². The van der Waals surface area contributed by atoms with Gasteiger partial charge in [-0.25, -0.2) is 8.42 Å². The molecule has 0 fully saturated rings. The summed E-state index contributed by atoms with van der Waals surface area (Å²) in [5.41, 5.74) is 3.97. The molecule has 0 saturated heterocycles. The van der Waals surface area contributed by atoms with Crippen molar-refractivity contribution in [2.24, 2.45) is 0 Å². The molecule has 3 aromatic carbocycles. The molecule has 0 aliphatic heterocycles. The van der Waals surface area contributed by atoms with Crippen molar-refractivity contribution in [3.63, 3.8) is 0 Å². The zero-order chi connectivity index (χ0) is 25.6. The van der Waals surface area contributed by atoms with E-state index in [2.05, 4.69) is 32.2 Å². The van der Waals surface area contributed by atoms with Gasteiger partial charge in [0, 0.05) is 5.56 Å². The summed E-state index contributed by atoms with van der Waals surface area (Å²) in [6, 6.07) is 22.3. The summed E-state index contributed by atoms with van der Waals surface area (Å²) in [7, 11) is -3.47. The van der Waals surface area contributed by atoms with Crippen LogP contribution in [0.4, 0.5) is 5.69 Å². The van der Waals surface area contributed by atoms with Gasteiger partial charge in [-0.3, -0.25) is 9.10 Å². The second-order valence-electron chi connectivity index (χ2n) is 9.66. The van der Waals surface area contributed by atoms with Crippen LogP contribution < -0.4 is 14.4 Å². The highest BCUT2D eigenvalue weighted by atomic mass is 32.2. The van der Waals surface area contributed by atoms with Gasteiger partial charge in [0.25, 0.3) is 5.91 Å². The third-order valence-corrected chi connectivity index (χ3v) is 6.71. The zero-order valence-corrected chi connectivity index (χ0v) is 21.9. The lowest BCUT2D eigenvalue weighted by atomic mass is 9.86. The summed E-state index contributed by atoms with van der Waals surface area (Å²) < 4.78 is 32.1. The van der Waals surface area contributed by atoms with E-state index in [1.54, 1.807) is 30.3 Å². The van der Waals surface area contributed by atoms with E-state index in [0.29, 0.717) is 24.4 Å². The van der Waals surface area contributed by atoms with E-state index in [0.717, 1.165) is 22.4 Å². The Balaban J connectivity index is 1.58. The topological polar surface area (TPSA) is 75.7 Å². The summed E-state index contributed by atoms with van der Waals surface area (Å²) >= 11 is 0. The Kier molecular flexibility index (Phi) is 8.22. The second-order valence-corrected chi connectivity index (χ2v) is 11.6. The van der Waals surface area contributed by atoms with Crippen LogP contribution in [0.5, 0.6) is 5.75 Å². The van der Waals surface area contributed by atoms with Gasteiger partial charge in [0.1, 0.15) is 12.4 Å². The molecular weight excluding hydrogens is 460 g/mol. The number of ether oxygens (including phenoxy) is 1. The lowest BCUT2D eigenvalue weighted by Crippen LogP contribution is -2.29. The van der Waals surface area contributed by atoms with E-state index in [1.807, 2.05) is 43.3 Å². The Morgan fingerprint density at radius 3 is 2.29 bits per heavy atom. The number of carbonyl (C=O) groups excluding carboxylic acids is 1. The van der Waals surface area contributed by atoms with Gasteiger partial charge in [0.15, 0.2) is 0 Å². The van der Waals surface area contributed by atoms with Crippen LogP contribution in [0.15, 0.2) is 72.8 Å². The summed E-state index contributed by atoms with van der Waals surface area (Å²) in [5, 5.41) is 2.87. The third kappa shape index (κ3) is 7.33. The highest BCUT2D eigenvalue weighted by molar-refractivity contribution is 7.92. The highest BCUT2D eigenvalue weighted by Crippen LogP contribution is 2.30. The monoisotopic (exact) mass is 494 g/mol. The SMILES string of the molecule is Cc1cccc(N(Cc2ccc(C(=O)NCCOc3ccccc3C(C)(C)C)cc2)S(C)(=O)=O)c1. The maximum atomic E-state index is 12.6. The smallest absolute Gasteiger partial charge is 0.251 e. The number of hydrogen-bond acceptors (Lipinski definition) is 4. The van der Waals surface area contributed by atoms with Gasteiger partial charge < -0.3 is 10.1 Å². The molecule has 0 aromatic heterocycles. The van der Waals surface area contributed by atoms with Crippen LogP contribution in [0, 0.1) is 6.92 Å². The van der Waals surface area contributed by atoms with Crippen molar-refractivity contribution in [1.29, 1.82) is 0 Å². The molecule has 6 nitrogen and oxygen atoms in total. The van der Waals surface area contributed by atoms with Crippen LogP contribution in [0.25, 0.3) is 0 Å². The number of amides is 1. The first-order valence-electron chi connectivity index (χ1n) is 11.6. The fourth-order valence-corrected chi connectivity index (χ4v) is 4.63. The Labute approximate surface area is 209 Å². The Hall–Kier alpha value is -3.32. The minimum atomic E-state index is -3.47. The molecule has 1 amide bonds. The number of benzene rings is 3. The fraction of sp³-hybridized carbons (Fsp3) is 0.321. The van der Waals surface area contributed by atoms with Crippen LogP contribution in [0.2, 0.25) is 0 Å². The molecule has 3 aromatic rings. The normalized spacial score (nSPS) is 11.7. The molecule has 0 aliphatic carbocycles. The molecule has 186 valence electrons. The number of hydrogen-bond donors (Lipinski definition) is 1. The van der Waals surface area contributed by atoms with Crippen molar-refractivity contribution in [2.75, 3.05) is 23.7 Å². The number of nitrogens with one attached hydrogen (secondary N) is 1. The zero-order valence-electron chi connectivity index (χ0n) is 21.0. The molecule has 0 radical (unpaired) electrons. The molecule has 0 heterocycles. The number of rotatable bonds is 9. The lowest BCUT2D eigenvalue weighted by Gasteiger charge is -2.23. The molecule has 0 bridgehead atoms. The van der Waals surface area contributed by atoms with Crippen molar-refractivity contribution < 1.29 is 17.9 Å². The standard InChI is InChI=1S/C28H34N2O4S/c1-21-9-8-10-24(19-21)30(35(5,32)33)20-22-13-15-23(16-14-22)27(31)29-17-18-34-26-12-7-6-11-25(26)28(2,3)4/h6-16,19H,17-18,20H2,1-5H3,(H,29,31). The largest absolute Gasteiger partial charge is 0.491 e. The van der Waals surface area contributed by atoms with E-state index in [-0.39, 0.29) is 17.9 Å². The third-order valence-electron chi connectivity index (χ3n) is 5.57. The van der Waals surface area contributed by atoms with Crippen LogP contribution in [-0.2, 0) is 22.0 Å². The number of carbonyl (C=O) groups is 1. The quantitative estimate of drug-likeness (QED) is 0.422. The molecule has 0 saturated carbocycles. The first-order chi connectivity index (χ1) is 16.4. The van der Waals surface area contributed by atoms with Crippen LogP contribution >= 0.6 is 0 Å². The molecule has 7 heteroatoms. The van der Waals surface area contributed by atoms with Gasteiger partial charge in [-0.1, -0.05) is 63.2 Å².